The lowest BCUT2D eigenvalue weighted by molar-refractivity contribution is -0.118. The maximum atomic E-state index is 10.7. The van der Waals surface area contributed by atoms with Gasteiger partial charge in [-0.15, -0.1) is 0 Å². The topological polar surface area (TPSA) is 66.6 Å². The zero-order chi connectivity index (χ0) is 13.4. The van der Waals surface area contributed by atoms with E-state index in [-0.39, 0.29) is 19.1 Å². The normalized spacial score (nSPS) is 9.94. The van der Waals surface area contributed by atoms with Crippen LogP contribution in [0.25, 0.3) is 0 Å². The minimum atomic E-state index is -0.330. The largest absolute Gasteiger partial charge is 0.395 e. The van der Waals surface area contributed by atoms with Gasteiger partial charge in [-0.1, -0.05) is 24.0 Å². The van der Waals surface area contributed by atoms with Crippen LogP contribution in [0.5, 0.6) is 0 Å². The highest BCUT2D eigenvalue weighted by atomic mass is 16.2. The van der Waals surface area contributed by atoms with Crippen molar-refractivity contribution < 1.29 is 9.90 Å². The standard InChI is InChI=1S/C14H18N2O2/c1-16(11-14(15)18)10-13-7-5-12(6-8-13)4-2-3-9-17/h5-8,17H,3,9-11H2,1H3,(H2,15,18). The molecule has 1 aromatic rings. The van der Waals surface area contributed by atoms with Crippen LogP contribution in [-0.2, 0) is 11.3 Å². The van der Waals surface area contributed by atoms with Gasteiger partial charge in [-0.25, -0.2) is 0 Å². The first-order chi connectivity index (χ1) is 8.61. The number of nitrogens with two attached hydrogens (primary N) is 1. The van der Waals surface area contributed by atoms with Crippen molar-refractivity contribution >= 4 is 5.91 Å². The van der Waals surface area contributed by atoms with Crippen LogP contribution in [0.3, 0.4) is 0 Å². The lowest BCUT2D eigenvalue weighted by atomic mass is 10.1. The number of carbonyl (C=O) groups excluding carboxylic acids is 1. The van der Waals surface area contributed by atoms with Gasteiger partial charge in [0.15, 0.2) is 0 Å². The van der Waals surface area contributed by atoms with Gasteiger partial charge in [-0.2, -0.15) is 0 Å². The van der Waals surface area contributed by atoms with E-state index in [2.05, 4.69) is 11.8 Å². The maximum absolute atomic E-state index is 10.7. The summed E-state index contributed by atoms with van der Waals surface area (Å²) in [5.41, 5.74) is 7.14. The van der Waals surface area contributed by atoms with E-state index in [1.54, 1.807) is 0 Å². The lowest BCUT2D eigenvalue weighted by Crippen LogP contribution is -2.30. The number of aliphatic hydroxyl groups excluding tert-OH is 1. The minimum absolute atomic E-state index is 0.0863. The van der Waals surface area contributed by atoms with E-state index in [1.807, 2.05) is 36.2 Å². The van der Waals surface area contributed by atoms with Crippen molar-refractivity contribution in [3.63, 3.8) is 0 Å². The SMILES string of the molecule is CN(CC(N)=O)Cc1ccc(C#CCCO)cc1. The molecular formula is C14H18N2O2. The summed E-state index contributed by atoms with van der Waals surface area (Å²) >= 11 is 0. The number of nitrogens with zero attached hydrogens (tertiary/aromatic N) is 1. The Hall–Kier alpha value is -1.83. The predicted octanol–water partition coefficient (Wildman–Crippen LogP) is 0.338. The molecular weight excluding hydrogens is 228 g/mol. The van der Waals surface area contributed by atoms with Gasteiger partial charge in [0.1, 0.15) is 0 Å². The fourth-order valence-electron chi connectivity index (χ4n) is 1.55. The van der Waals surface area contributed by atoms with Crippen molar-refractivity contribution in [3.05, 3.63) is 35.4 Å². The van der Waals surface area contributed by atoms with Crippen LogP contribution in [0.4, 0.5) is 0 Å². The maximum Gasteiger partial charge on any atom is 0.231 e. The van der Waals surface area contributed by atoms with Gasteiger partial charge in [0.2, 0.25) is 5.91 Å². The first kappa shape index (κ1) is 14.2. The summed E-state index contributed by atoms with van der Waals surface area (Å²) in [7, 11) is 1.85. The Morgan fingerprint density at radius 2 is 2.06 bits per heavy atom. The summed E-state index contributed by atoms with van der Waals surface area (Å²) in [4.78, 5) is 12.6. The van der Waals surface area contributed by atoms with Gasteiger partial charge in [-0.05, 0) is 24.7 Å². The molecule has 0 aliphatic heterocycles. The molecule has 0 heterocycles. The molecule has 0 fully saturated rings. The van der Waals surface area contributed by atoms with Gasteiger partial charge in [0.25, 0.3) is 0 Å². The number of hydrogen-bond acceptors (Lipinski definition) is 3. The summed E-state index contributed by atoms with van der Waals surface area (Å²) in [6.07, 6.45) is 0.489. The molecule has 0 aromatic heterocycles. The number of primary amides is 1. The predicted molar refractivity (Wildman–Crippen MR) is 70.6 cm³/mol. The molecule has 3 N–H and O–H groups in total. The van der Waals surface area contributed by atoms with Crippen molar-refractivity contribution in [1.29, 1.82) is 0 Å². The number of rotatable bonds is 5. The van der Waals surface area contributed by atoms with E-state index in [9.17, 15) is 4.79 Å². The van der Waals surface area contributed by atoms with E-state index in [0.717, 1.165) is 11.1 Å². The van der Waals surface area contributed by atoms with Crippen LogP contribution in [0.15, 0.2) is 24.3 Å². The molecule has 96 valence electrons. The van der Waals surface area contributed by atoms with Crippen molar-refractivity contribution in [2.75, 3.05) is 20.2 Å². The highest BCUT2D eigenvalue weighted by Gasteiger charge is 2.03. The van der Waals surface area contributed by atoms with E-state index < -0.39 is 0 Å². The van der Waals surface area contributed by atoms with Crippen LogP contribution >= 0.6 is 0 Å². The highest BCUT2D eigenvalue weighted by molar-refractivity contribution is 5.75. The Bertz CT molecular complexity index is 443. The van der Waals surface area contributed by atoms with Gasteiger partial charge in [0, 0.05) is 18.5 Å². The quantitative estimate of drug-likeness (QED) is 0.736. The highest BCUT2D eigenvalue weighted by Crippen LogP contribution is 2.05. The van der Waals surface area contributed by atoms with E-state index in [0.29, 0.717) is 13.0 Å². The Kier molecular flexibility index (Phi) is 5.92. The first-order valence-electron chi connectivity index (χ1n) is 5.77. The molecule has 0 radical (unpaired) electrons. The van der Waals surface area contributed by atoms with Crippen molar-refractivity contribution in [2.24, 2.45) is 5.73 Å². The molecule has 4 nitrogen and oxygen atoms in total. The molecule has 0 aliphatic carbocycles. The van der Waals surface area contributed by atoms with Crippen LogP contribution in [0, 0.1) is 11.8 Å². The Balaban J connectivity index is 2.55. The van der Waals surface area contributed by atoms with Crippen LogP contribution < -0.4 is 5.73 Å². The summed E-state index contributed by atoms with van der Waals surface area (Å²) < 4.78 is 0. The zero-order valence-electron chi connectivity index (χ0n) is 10.5. The first-order valence-corrected chi connectivity index (χ1v) is 5.77. The lowest BCUT2D eigenvalue weighted by Gasteiger charge is -2.14. The molecule has 0 spiro atoms. The number of carbonyl (C=O) groups is 1. The van der Waals surface area contributed by atoms with Crippen LogP contribution in [-0.4, -0.2) is 36.1 Å². The fraction of sp³-hybridized carbons (Fsp3) is 0.357. The summed E-state index contributed by atoms with van der Waals surface area (Å²) in [5, 5.41) is 8.61. The second-order valence-electron chi connectivity index (χ2n) is 4.11. The zero-order valence-corrected chi connectivity index (χ0v) is 10.5. The number of likely N-dealkylation sites (N-methyl/N-ethyl adjacent to an activating group) is 1. The second-order valence-corrected chi connectivity index (χ2v) is 4.11. The summed E-state index contributed by atoms with van der Waals surface area (Å²) in [6, 6.07) is 7.80. The Morgan fingerprint density at radius 1 is 1.39 bits per heavy atom. The fourth-order valence-corrected chi connectivity index (χ4v) is 1.55. The third-order valence-corrected chi connectivity index (χ3v) is 2.30. The smallest absolute Gasteiger partial charge is 0.231 e. The monoisotopic (exact) mass is 246 g/mol. The Morgan fingerprint density at radius 3 is 2.61 bits per heavy atom. The third-order valence-electron chi connectivity index (χ3n) is 2.30. The third kappa shape index (κ3) is 5.48. The van der Waals surface area contributed by atoms with E-state index >= 15 is 0 Å². The molecule has 0 atom stereocenters. The molecule has 4 heteroatoms. The average Bonchev–Trinajstić information content (AvgIpc) is 2.30. The molecule has 1 aromatic carbocycles. The van der Waals surface area contributed by atoms with Gasteiger partial charge < -0.3 is 10.8 Å². The number of hydrogen-bond donors (Lipinski definition) is 2. The minimum Gasteiger partial charge on any atom is -0.395 e. The molecule has 0 aliphatic rings. The Labute approximate surface area is 107 Å². The molecule has 1 amide bonds. The number of benzene rings is 1. The average molecular weight is 246 g/mol. The van der Waals surface area contributed by atoms with E-state index in [1.165, 1.54) is 0 Å². The van der Waals surface area contributed by atoms with Crippen LogP contribution in [0.2, 0.25) is 0 Å². The van der Waals surface area contributed by atoms with Crippen molar-refractivity contribution in [2.45, 2.75) is 13.0 Å². The molecule has 18 heavy (non-hydrogen) atoms. The number of aliphatic hydroxyl groups is 1. The number of amides is 1. The molecule has 0 saturated carbocycles. The van der Waals surface area contributed by atoms with Crippen LogP contribution in [0.1, 0.15) is 17.5 Å². The second kappa shape index (κ2) is 7.49. The van der Waals surface area contributed by atoms with Gasteiger partial charge in [-0.3, -0.25) is 9.69 Å². The molecule has 0 unspecified atom stereocenters. The van der Waals surface area contributed by atoms with Gasteiger partial charge in [0.05, 0.1) is 13.2 Å². The van der Waals surface area contributed by atoms with Crippen molar-refractivity contribution in [1.82, 2.24) is 4.90 Å². The van der Waals surface area contributed by atoms with E-state index in [4.69, 9.17) is 10.8 Å². The molecule has 1 rings (SSSR count). The van der Waals surface area contributed by atoms with Crippen molar-refractivity contribution in [3.8, 4) is 11.8 Å². The summed E-state index contributed by atoms with van der Waals surface area (Å²) in [5.74, 6) is 5.50. The molecule has 0 bridgehead atoms. The summed E-state index contributed by atoms with van der Waals surface area (Å²) in [6.45, 7) is 1.01. The van der Waals surface area contributed by atoms with Gasteiger partial charge >= 0.3 is 0 Å². The molecule has 0 saturated heterocycles.